The molecule has 0 aromatic rings. The van der Waals surface area contributed by atoms with Crippen molar-refractivity contribution in [2.75, 3.05) is 33.4 Å². The second-order valence-corrected chi connectivity index (χ2v) is 4.37. The van der Waals surface area contributed by atoms with Crippen LogP contribution < -0.4 is 0 Å². The van der Waals surface area contributed by atoms with Gasteiger partial charge in [0.2, 0.25) is 0 Å². The van der Waals surface area contributed by atoms with E-state index in [0.29, 0.717) is 18.1 Å². The van der Waals surface area contributed by atoms with E-state index in [1.165, 1.54) is 7.05 Å². The average molecular weight is 228 g/mol. The van der Waals surface area contributed by atoms with Crippen molar-refractivity contribution >= 4 is 22.9 Å². The van der Waals surface area contributed by atoms with Gasteiger partial charge in [0.05, 0.1) is 18.1 Å². The number of imide groups is 1. The van der Waals surface area contributed by atoms with Crippen LogP contribution in [0.25, 0.3) is 0 Å². The van der Waals surface area contributed by atoms with E-state index in [9.17, 15) is 9.59 Å². The van der Waals surface area contributed by atoms with Gasteiger partial charge in [-0.05, 0) is 11.8 Å². The van der Waals surface area contributed by atoms with Crippen LogP contribution in [0.15, 0.2) is 11.1 Å². The van der Waals surface area contributed by atoms with Crippen LogP contribution in [0, 0.1) is 0 Å². The highest BCUT2D eigenvalue weighted by atomic mass is 32.2. The lowest BCUT2D eigenvalue weighted by Gasteiger charge is -2.25. The Balaban J connectivity index is 2.07. The summed E-state index contributed by atoms with van der Waals surface area (Å²) in [7, 11) is 1.50. The minimum Gasteiger partial charge on any atom is -0.378 e. The maximum absolute atomic E-state index is 11.5. The smallest absolute Gasteiger partial charge is 0.293 e. The average Bonchev–Trinajstić information content (AvgIpc) is 2.48. The third-order valence-corrected chi connectivity index (χ3v) is 3.28. The predicted molar refractivity (Wildman–Crippen MR) is 56.2 cm³/mol. The second kappa shape index (κ2) is 4.24. The molecule has 0 unspecified atom stereocenters. The molecule has 5 nitrogen and oxygen atoms in total. The standard InChI is InChI=1S/C9H12N2O3S/c1-10-8(12)7(15-9(10)13)6-11-2-4-14-5-3-11/h6H,2-5H2,1H3. The van der Waals surface area contributed by atoms with Crippen molar-refractivity contribution in [3.05, 3.63) is 11.1 Å². The number of hydrogen-bond donors (Lipinski definition) is 0. The zero-order chi connectivity index (χ0) is 10.8. The summed E-state index contributed by atoms with van der Waals surface area (Å²) in [5, 5.41) is -0.209. The van der Waals surface area contributed by atoms with E-state index in [1.807, 2.05) is 4.90 Å². The molecule has 0 N–H and O–H groups in total. The molecule has 0 saturated carbocycles. The van der Waals surface area contributed by atoms with Crippen LogP contribution >= 0.6 is 11.8 Å². The molecular weight excluding hydrogens is 216 g/mol. The maximum atomic E-state index is 11.5. The first-order valence-corrected chi connectivity index (χ1v) is 5.53. The molecule has 0 aromatic heterocycles. The third-order valence-electron chi connectivity index (χ3n) is 2.33. The van der Waals surface area contributed by atoms with Crippen LogP contribution in [0.5, 0.6) is 0 Å². The fraction of sp³-hybridized carbons (Fsp3) is 0.556. The first kappa shape index (κ1) is 10.5. The summed E-state index contributed by atoms with van der Waals surface area (Å²) in [6.45, 7) is 2.89. The molecule has 0 aromatic carbocycles. The monoisotopic (exact) mass is 228 g/mol. The quantitative estimate of drug-likeness (QED) is 0.611. The van der Waals surface area contributed by atoms with Crippen LogP contribution in [0.2, 0.25) is 0 Å². The summed E-state index contributed by atoms with van der Waals surface area (Å²) in [6.07, 6.45) is 1.76. The normalized spacial score (nSPS) is 25.5. The molecule has 0 aliphatic carbocycles. The van der Waals surface area contributed by atoms with Crippen molar-refractivity contribution in [3.63, 3.8) is 0 Å². The third kappa shape index (κ3) is 2.15. The summed E-state index contributed by atoms with van der Waals surface area (Å²) < 4.78 is 5.19. The van der Waals surface area contributed by atoms with Crippen molar-refractivity contribution in [3.8, 4) is 0 Å². The Bertz CT molecular complexity index is 323. The van der Waals surface area contributed by atoms with E-state index in [0.717, 1.165) is 29.8 Å². The molecule has 2 aliphatic rings. The molecule has 6 heteroatoms. The molecule has 82 valence electrons. The van der Waals surface area contributed by atoms with Gasteiger partial charge in [0.1, 0.15) is 0 Å². The number of thioether (sulfide) groups is 1. The molecule has 0 bridgehead atoms. The minimum absolute atomic E-state index is 0.209. The molecule has 2 saturated heterocycles. The van der Waals surface area contributed by atoms with Crippen molar-refractivity contribution in [2.45, 2.75) is 0 Å². The number of amides is 2. The Labute approximate surface area is 92.0 Å². The van der Waals surface area contributed by atoms with E-state index in [2.05, 4.69) is 0 Å². The molecule has 0 radical (unpaired) electrons. The number of carbonyl (C=O) groups is 2. The molecule has 0 atom stereocenters. The summed E-state index contributed by atoms with van der Waals surface area (Å²) in [4.78, 5) is 26.4. The van der Waals surface area contributed by atoms with Gasteiger partial charge in [-0.25, -0.2) is 0 Å². The zero-order valence-corrected chi connectivity index (χ0v) is 9.25. The van der Waals surface area contributed by atoms with E-state index in [-0.39, 0.29) is 11.1 Å². The number of rotatable bonds is 1. The number of morpholine rings is 1. The first-order valence-electron chi connectivity index (χ1n) is 4.72. The lowest BCUT2D eigenvalue weighted by Crippen LogP contribution is -2.32. The topological polar surface area (TPSA) is 49.9 Å². The largest absolute Gasteiger partial charge is 0.378 e. The fourth-order valence-electron chi connectivity index (χ4n) is 1.41. The molecule has 2 heterocycles. The van der Waals surface area contributed by atoms with Crippen LogP contribution in [0.1, 0.15) is 0 Å². The molecule has 2 fully saturated rings. The zero-order valence-electron chi connectivity index (χ0n) is 8.43. The van der Waals surface area contributed by atoms with Crippen LogP contribution in [-0.2, 0) is 9.53 Å². The highest BCUT2D eigenvalue weighted by Crippen LogP contribution is 2.29. The van der Waals surface area contributed by atoms with Gasteiger partial charge in [-0.15, -0.1) is 0 Å². The van der Waals surface area contributed by atoms with E-state index < -0.39 is 0 Å². The molecule has 0 spiro atoms. The van der Waals surface area contributed by atoms with Gasteiger partial charge >= 0.3 is 0 Å². The summed E-state index contributed by atoms with van der Waals surface area (Å²) in [6, 6.07) is 0. The Morgan fingerprint density at radius 1 is 1.33 bits per heavy atom. The minimum atomic E-state index is -0.212. The van der Waals surface area contributed by atoms with E-state index in [1.54, 1.807) is 6.20 Å². The van der Waals surface area contributed by atoms with Gasteiger partial charge < -0.3 is 9.64 Å². The number of likely N-dealkylation sites (N-methyl/N-ethyl adjacent to an activating group) is 1. The Morgan fingerprint density at radius 3 is 2.53 bits per heavy atom. The number of hydrogen-bond acceptors (Lipinski definition) is 5. The molecule has 2 amide bonds. The summed E-state index contributed by atoms with van der Waals surface area (Å²) >= 11 is 0.991. The van der Waals surface area contributed by atoms with Crippen LogP contribution in [0.4, 0.5) is 4.79 Å². The van der Waals surface area contributed by atoms with E-state index in [4.69, 9.17) is 4.74 Å². The fourth-order valence-corrected chi connectivity index (χ4v) is 2.24. The Kier molecular flexibility index (Phi) is 2.97. The van der Waals surface area contributed by atoms with Gasteiger partial charge in [0, 0.05) is 26.3 Å². The number of ether oxygens (including phenoxy) is 1. The summed E-state index contributed by atoms with van der Waals surface area (Å²) in [5.74, 6) is -0.212. The van der Waals surface area contributed by atoms with Crippen molar-refractivity contribution in [1.29, 1.82) is 0 Å². The Morgan fingerprint density at radius 2 is 2.00 bits per heavy atom. The van der Waals surface area contributed by atoms with Crippen LogP contribution in [-0.4, -0.2) is 54.3 Å². The molecule has 15 heavy (non-hydrogen) atoms. The van der Waals surface area contributed by atoms with Crippen molar-refractivity contribution in [1.82, 2.24) is 9.80 Å². The lowest BCUT2D eigenvalue weighted by atomic mass is 10.4. The molecular formula is C9H12N2O3S. The predicted octanol–water partition coefficient (Wildman–Crippen LogP) is 0.485. The van der Waals surface area contributed by atoms with Gasteiger partial charge in [-0.1, -0.05) is 0 Å². The van der Waals surface area contributed by atoms with E-state index >= 15 is 0 Å². The first-order chi connectivity index (χ1) is 7.18. The van der Waals surface area contributed by atoms with Gasteiger partial charge in [-0.3, -0.25) is 14.5 Å². The Hall–Kier alpha value is -1.01. The second-order valence-electron chi connectivity index (χ2n) is 3.37. The highest BCUT2D eigenvalue weighted by Gasteiger charge is 2.32. The lowest BCUT2D eigenvalue weighted by molar-refractivity contribution is -0.121. The van der Waals surface area contributed by atoms with Gasteiger partial charge in [0.25, 0.3) is 11.1 Å². The van der Waals surface area contributed by atoms with Crippen LogP contribution in [0.3, 0.4) is 0 Å². The number of carbonyl (C=O) groups excluding carboxylic acids is 2. The highest BCUT2D eigenvalue weighted by molar-refractivity contribution is 8.18. The van der Waals surface area contributed by atoms with Crippen molar-refractivity contribution in [2.24, 2.45) is 0 Å². The maximum Gasteiger partial charge on any atom is 0.293 e. The summed E-state index contributed by atoms with van der Waals surface area (Å²) in [5.41, 5.74) is 0. The van der Waals surface area contributed by atoms with Crippen molar-refractivity contribution < 1.29 is 14.3 Å². The SMILES string of the molecule is CN1C(=O)SC(=CN2CCOCC2)C1=O. The van der Waals surface area contributed by atoms with Gasteiger partial charge in [-0.2, -0.15) is 0 Å². The molecule has 2 rings (SSSR count). The van der Waals surface area contributed by atoms with Gasteiger partial charge in [0.15, 0.2) is 0 Å². The molecule has 2 aliphatic heterocycles. The number of nitrogens with zero attached hydrogens (tertiary/aromatic N) is 2.